The van der Waals surface area contributed by atoms with E-state index >= 15 is 0 Å². The highest BCUT2D eigenvalue weighted by molar-refractivity contribution is 7.22. The van der Waals surface area contributed by atoms with Gasteiger partial charge in [-0.05, 0) is 130 Å². The SMILES string of the molecule is Cc1cc2c(s1)-c1sc(C)cc1C21c2ccccc2N(c2cccc(-n3c4ccccc4c4ccccc43)c2)c2cc3c(cc21)-c1ccccc1C3(c1ccccc1)c1ccccc1. The smallest absolute Gasteiger partial charge is 0.0771 e. The summed E-state index contributed by atoms with van der Waals surface area (Å²) in [5.74, 6) is 0. The number of aromatic nitrogens is 1. The summed E-state index contributed by atoms with van der Waals surface area (Å²) in [7, 11) is 0. The van der Waals surface area contributed by atoms with Crippen molar-refractivity contribution in [1.82, 2.24) is 4.57 Å². The van der Waals surface area contributed by atoms with Crippen molar-refractivity contribution in [2.24, 2.45) is 0 Å². The van der Waals surface area contributed by atoms with Crippen molar-refractivity contribution in [2.45, 2.75) is 24.7 Å². The van der Waals surface area contributed by atoms with E-state index < -0.39 is 10.8 Å². The van der Waals surface area contributed by atoms with E-state index in [9.17, 15) is 0 Å². The normalized spacial score (nSPS) is 14.6. The van der Waals surface area contributed by atoms with Crippen molar-refractivity contribution in [3.05, 3.63) is 261 Å². The Kier molecular flexibility index (Phi) is 7.45. The van der Waals surface area contributed by atoms with Gasteiger partial charge in [0.1, 0.15) is 0 Å². The van der Waals surface area contributed by atoms with Gasteiger partial charge in [-0.1, -0.05) is 146 Å². The molecule has 4 heteroatoms. The molecule has 64 heavy (non-hydrogen) atoms. The van der Waals surface area contributed by atoms with Gasteiger partial charge in [0.05, 0.1) is 33.2 Å². The lowest BCUT2D eigenvalue weighted by atomic mass is 9.63. The minimum atomic E-state index is -0.548. The molecule has 8 aromatic carbocycles. The molecule has 1 aliphatic heterocycles. The largest absolute Gasteiger partial charge is 0.310 e. The summed E-state index contributed by atoms with van der Waals surface area (Å²) in [6.45, 7) is 4.57. The van der Waals surface area contributed by atoms with Gasteiger partial charge in [-0.25, -0.2) is 0 Å². The zero-order valence-corrected chi connectivity index (χ0v) is 37.0. The molecule has 0 bridgehead atoms. The van der Waals surface area contributed by atoms with E-state index in [0.29, 0.717) is 0 Å². The lowest BCUT2D eigenvalue weighted by molar-refractivity contribution is 0.745. The molecule has 0 unspecified atom stereocenters. The minimum Gasteiger partial charge on any atom is -0.310 e. The van der Waals surface area contributed by atoms with Crippen molar-refractivity contribution < 1.29 is 0 Å². The second-order valence-corrected chi connectivity index (χ2v) is 20.1. The summed E-state index contributed by atoms with van der Waals surface area (Å²) in [5, 5.41) is 2.52. The number of aryl methyl sites for hydroxylation is 2. The molecule has 2 nitrogen and oxygen atoms in total. The van der Waals surface area contributed by atoms with Crippen LogP contribution < -0.4 is 4.90 Å². The number of anilines is 3. The Hall–Kier alpha value is -7.24. The van der Waals surface area contributed by atoms with Gasteiger partial charge in [0.2, 0.25) is 0 Å². The molecule has 3 aliphatic rings. The number of benzene rings is 8. The lowest BCUT2D eigenvalue weighted by Crippen LogP contribution is -2.36. The molecule has 302 valence electrons. The first-order valence-electron chi connectivity index (χ1n) is 22.2. The molecule has 1 spiro atoms. The van der Waals surface area contributed by atoms with Crippen LogP contribution in [0.1, 0.15) is 54.3 Å². The van der Waals surface area contributed by atoms with Crippen molar-refractivity contribution >= 4 is 61.5 Å². The van der Waals surface area contributed by atoms with Gasteiger partial charge in [-0.3, -0.25) is 0 Å². The van der Waals surface area contributed by atoms with E-state index in [0.717, 1.165) is 11.4 Å². The summed E-state index contributed by atoms with van der Waals surface area (Å²) in [6.07, 6.45) is 0. The van der Waals surface area contributed by atoms with Gasteiger partial charge in [0.15, 0.2) is 0 Å². The molecule has 4 heterocycles. The Balaban J connectivity index is 1.13. The molecule has 0 saturated heterocycles. The van der Waals surface area contributed by atoms with Crippen LogP contribution in [0.25, 0.3) is 48.4 Å². The molecule has 0 radical (unpaired) electrons. The molecular formula is C60H40N2S2. The van der Waals surface area contributed by atoms with Crippen molar-refractivity contribution in [2.75, 3.05) is 4.90 Å². The van der Waals surface area contributed by atoms with Crippen molar-refractivity contribution in [3.63, 3.8) is 0 Å². The van der Waals surface area contributed by atoms with Gasteiger partial charge in [-0.2, -0.15) is 0 Å². The van der Waals surface area contributed by atoms with E-state index in [-0.39, 0.29) is 0 Å². The first-order chi connectivity index (χ1) is 31.6. The molecule has 0 fully saturated rings. The topological polar surface area (TPSA) is 8.17 Å². The van der Waals surface area contributed by atoms with Crippen LogP contribution in [-0.4, -0.2) is 4.57 Å². The van der Waals surface area contributed by atoms with Crippen LogP contribution in [0.4, 0.5) is 17.1 Å². The van der Waals surface area contributed by atoms with Crippen LogP contribution in [-0.2, 0) is 10.8 Å². The standard InChI is InChI=1S/C60H40N2S2/c1-37-32-51-57(63-37)58-52(33-38(2)64-58)60(51)48-28-13-16-31-55(48)62(42-23-17-22-41(34-42)61-53-29-14-10-25-44(53)45-26-11-15-30-54(45)61)56-36-49-46(35-50(56)60)43-24-9-12-27-47(43)59(49,39-18-5-3-6-19-39)40-20-7-4-8-21-40/h3-36H,1-2H3. The Labute approximate surface area is 380 Å². The van der Waals surface area contributed by atoms with Crippen LogP contribution >= 0.6 is 22.7 Å². The molecule has 0 saturated carbocycles. The maximum absolute atomic E-state index is 2.62. The number of rotatable bonds is 4. The van der Waals surface area contributed by atoms with Crippen LogP contribution in [0, 0.1) is 13.8 Å². The fraction of sp³-hybridized carbons (Fsp3) is 0.0667. The number of para-hydroxylation sites is 3. The number of fused-ring (bicyclic) bond motifs is 15. The molecule has 0 N–H and O–H groups in total. The number of hydrogen-bond acceptors (Lipinski definition) is 3. The van der Waals surface area contributed by atoms with Crippen LogP contribution in [0.5, 0.6) is 0 Å². The van der Waals surface area contributed by atoms with E-state index in [1.54, 1.807) is 0 Å². The van der Waals surface area contributed by atoms with E-state index in [1.807, 2.05) is 22.7 Å². The third-order valence-electron chi connectivity index (χ3n) is 14.4. The number of hydrogen-bond donors (Lipinski definition) is 0. The van der Waals surface area contributed by atoms with Crippen LogP contribution in [0.2, 0.25) is 0 Å². The Morgan fingerprint density at radius 3 is 1.56 bits per heavy atom. The highest BCUT2D eigenvalue weighted by atomic mass is 32.1. The first-order valence-corrected chi connectivity index (χ1v) is 23.8. The summed E-state index contributed by atoms with van der Waals surface area (Å²) in [6, 6.07) is 78.0. The highest BCUT2D eigenvalue weighted by Crippen LogP contribution is 2.68. The van der Waals surface area contributed by atoms with Gasteiger partial charge >= 0.3 is 0 Å². The van der Waals surface area contributed by atoms with Crippen molar-refractivity contribution in [1.29, 1.82) is 0 Å². The molecule has 0 atom stereocenters. The fourth-order valence-corrected chi connectivity index (χ4v) is 14.4. The second kappa shape index (κ2) is 13.2. The fourth-order valence-electron chi connectivity index (χ4n) is 12.1. The van der Waals surface area contributed by atoms with Crippen LogP contribution in [0.3, 0.4) is 0 Å². The lowest BCUT2D eigenvalue weighted by Gasteiger charge is -2.45. The Bertz CT molecular complexity index is 3580. The molecule has 3 aromatic heterocycles. The molecule has 11 aromatic rings. The minimum absolute atomic E-state index is 0.512. The quantitative estimate of drug-likeness (QED) is 0.171. The molecule has 14 rings (SSSR count). The van der Waals surface area contributed by atoms with Crippen LogP contribution in [0.15, 0.2) is 206 Å². The Morgan fingerprint density at radius 2 is 0.906 bits per heavy atom. The van der Waals surface area contributed by atoms with Gasteiger partial charge in [0.25, 0.3) is 0 Å². The summed E-state index contributed by atoms with van der Waals surface area (Å²) in [5.41, 5.74) is 19.3. The average Bonchev–Trinajstić information content (AvgIpc) is 4.13. The third kappa shape index (κ3) is 4.54. The molecule has 2 aliphatic carbocycles. The zero-order chi connectivity index (χ0) is 42.3. The van der Waals surface area contributed by atoms with E-state index in [4.69, 9.17) is 0 Å². The van der Waals surface area contributed by atoms with E-state index in [2.05, 4.69) is 230 Å². The first kappa shape index (κ1) is 36.3. The predicted molar refractivity (Wildman–Crippen MR) is 269 cm³/mol. The van der Waals surface area contributed by atoms with Crippen molar-refractivity contribution in [3.8, 4) is 26.6 Å². The summed E-state index contributed by atoms with van der Waals surface area (Å²) >= 11 is 3.90. The van der Waals surface area contributed by atoms with Gasteiger partial charge in [-0.15, -0.1) is 22.7 Å². The number of nitrogens with zero attached hydrogens (tertiary/aromatic N) is 2. The van der Waals surface area contributed by atoms with Gasteiger partial charge in [0, 0.05) is 41.7 Å². The summed E-state index contributed by atoms with van der Waals surface area (Å²) in [4.78, 5) is 8.11. The summed E-state index contributed by atoms with van der Waals surface area (Å²) < 4.78 is 2.44. The highest BCUT2D eigenvalue weighted by Gasteiger charge is 2.55. The van der Waals surface area contributed by atoms with E-state index in [1.165, 1.54) is 108 Å². The third-order valence-corrected chi connectivity index (χ3v) is 16.7. The molecule has 0 amide bonds. The number of thiophene rings is 2. The Morgan fingerprint density at radius 1 is 0.359 bits per heavy atom. The average molecular weight is 853 g/mol. The predicted octanol–water partition coefficient (Wildman–Crippen LogP) is 16.0. The maximum atomic E-state index is 2.62. The molecular weight excluding hydrogens is 813 g/mol. The van der Waals surface area contributed by atoms with Gasteiger partial charge < -0.3 is 9.47 Å². The second-order valence-electron chi connectivity index (χ2n) is 17.6. The monoisotopic (exact) mass is 852 g/mol. The maximum Gasteiger partial charge on any atom is 0.0771 e. The zero-order valence-electron chi connectivity index (χ0n) is 35.3.